The fraction of sp³-hybridized carbons (Fsp3) is 0.583. The van der Waals surface area contributed by atoms with Gasteiger partial charge < -0.3 is 9.80 Å². The molecule has 0 aliphatic carbocycles. The highest BCUT2D eigenvalue weighted by atomic mass is 15.3. The third kappa shape index (κ3) is 3.88. The first-order chi connectivity index (χ1) is 7.13. The Bertz CT molecular complexity index is 271. The molecule has 1 aliphatic rings. The van der Waals surface area contributed by atoms with Gasteiger partial charge in [0.05, 0.1) is 0 Å². The van der Waals surface area contributed by atoms with Gasteiger partial charge in [-0.2, -0.15) is 0 Å². The summed E-state index contributed by atoms with van der Waals surface area (Å²) in [6.07, 6.45) is 3.92. The molecule has 3 nitrogen and oxygen atoms in total. The molecule has 0 N–H and O–H groups in total. The quantitative estimate of drug-likeness (QED) is 0.656. The number of likely N-dealkylation sites (N-methyl/N-ethyl adjacent to an activating group) is 1. The first-order valence-electron chi connectivity index (χ1n) is 5.43. The molecular formula is C12H21N3. The van der Waals surface area contributed by atoms with E-state index in [2.05, 4.69) is 28.4 Å². The van der Waals surface area contributed by atoms with Gasteiger partial charge in [0.15, 0.2) is 0 Å². The predicted octanol–water partition coefficient (Wildman–Crippen LogP) is 1.74. The van der Waals surface area contributed by atoms with E-state index in [0.717, 1.165) is 32.0 Å². The first kappa shape index (κ1) is 12.0. The lowest BCUT2D eigenvalue weighted by molar-refractivity contribution is 0.186. The van der Waals surface area contributed by atoms with Crippen LogP contribution in [0.3, 0.4) is 0 Å². The Labute approximate surface area is 92.8 Å². The fourth-order valence-electron chi connectivity index (χ4n) is 1.40. The van der Waals surface area contributed by atoms with Crippen LogP contribution in [0.25, 0.3) is 0 Å². The van der Waals surface area contributed by atoms with Crippen LogP contribution in [0.5, 0.6) is 0 Å². The van der Waals surface area contributed by atoms with E-state index in [1.165, 1.54) is 5.57 Å². The molecule has 0 spiro atoms. The summed E-state index contributed by atoms with van der Waals surface area (Å²) in [4.78, 5) is 8.92. The van der Waals surface area contributed by atoms with Crippen LogP contribution < -0.4 is 0 Å². The van der Waals surface area contributed by atoms with Crippen LogP contribution in [-0.4, -0.2) is 49.2 Å². The number of hydrogen-bond acceptors (Lipinski definition) is 3. The van der Waals surface area contributed by atoms with E-state index in [0.29, 0.717) is 0 Å². The van der Waals surface area contributed by atoms with Gasteiger partial charge in [0, 0.05) is 32.4 Å². The highest BCUT2D eigenvalue weighted by Crippen LogP contribution is 2.07. The average molecular weight is 207 g/mol. The van der Waals surface area contributed by atoms with Crippen LogP contribution in [0, 0.1) is 0 Å². The first-order valence-corrected chi connectivity index (χ1v) is 5.43. The molecule has 0 aromatic carbocycles. The summed E-state index contributed by atoms with van der Waals surface area (Å²) in [6.45, 7) is 12.3. The molecule has 0 atom stereocenters. The maximum atomic E-state index is 4.36. The number of hydrogen-bond donors (Lipinski definition) is 0. The standard InChI is InChI=1S/C12H21N3/c1-5-11(2)10-13-12(3)15-8-6-14(4)7-9-15/h5,10H,3,6-9H2,1-2,4H3/b11-5-,13-10-. The molecule has 1 rings (SSSR count). The molecule has 84 valence electrons. The number of allylic oxidation sites excluding steroid dienone is 2. The highest BCUT2D eigenvalue weighted by Gasteiger charge is 2.13. The lowest BCUT2D eigenvalue weighted by Gasteiger charge is -2.33. The van der Waals surface area contributed by atoms with E-state index < -0.39 is 0 Å². The molecule has 1 aliphatic heterocycles. The van der Waals surface area contributed by atoms with E-state index in [-0.39, 0.29) is 0 Å². The molecule has 0 bridgehead atoms. The second-order valence-electron chi connectivity index (χ2n) is 4.00. The maximum absolute atomic E-state index is 4.36. The van der Waals surface area contributed by atoms with Crippen molar-refractivity contribution in [3.05, 3.63) is 24.0 Å². The fourth-order valence-corrected chi connectivity index (χ4v) is 1.40. The van der Waals surface area contributed by atoms with Crippen LogP contribution in [0.1, 0.15) is 13.8 Å². The van der Waals surface area contributed by atoms with Crippen LogP contribution >= 0.6 is 0 Å². The molecule has 0 radical (unpaired) electrons. The second-order valence-corrected chi connectivity index (χ2v) is 4.00. The average Bonchev–Trinajstić information content (AvgIpc) is 2.26. The number of rotatable bonds is 3. The molecule has 1 heterocycles. The van der Waals surface area contributed by atoms with Gasteiger partial charge in [-0.15, -0.1) is 0 Å². The van der Waals surface area contributed by atoms with Crippen LogP contribution in [0.15, 0.2) is 29.0 Å². The van der Waals surface area contributed by atoms with Crippen molar-refractivity contribution < 1.29 is 0 Å². The van der Waals surface area contributed by atoms with Gasteiger partial charge >= 0.3 is 0 Å². The van der Waals surface area contributed by atoms with E-state index in [9.17, 15) is 0 Å². The van der Waals surface area contributed by atoms with Crippen molar-refractivity contribution in [2.24, 2.45) is 4.99 Å². The minimum atomic E-state index is 0.879. The Hall–Kier alpha value is -1.09. The summed E-state index contributed by atoms with van der Waals surface area (Å²) in [5, 5.41) is 0. The molecule has 1 saturated heterocycles. The molecular weight excluding hydrogens is 186 g/mol. The van der Waals surface area contributed by atoms with E-state index in [1.54, 1.807) is 0 Å². The van der Waals surface area contributed by atoms with Gasteiger partial charge in [-0.1, -0.05) is 12.7 Å². The number of aliphatic imine (C=N–C) groups is 1. The topological polar surface area (TPSA) is 18.8 Å². The lowest BCUT2D eigenvalue weighted by Crippen LogP contribution is -2.43. The smallest absolute Gasteiger partial charge is 0.121 e. The summed E-state index contributed by atoms with van der Waals surface area (Å²) in [5.41, 5.74) is 1.17. The molecule has 15 heavy (non-hydrogen) atoms. The summed E-state index contributed by atoms with van der Waals surface area (Å²) >= 11 is 0. The zero-order valence-electron chi connectivity index (χ0n) is 10.0. The molecule has 0 aromatic heterocycles. The minimum absolute atomic E-state index is 0.879. The van der Waals surface area contributed by atoms with Crippen molar-refractivity contribution in [3.8, 4) is 0 Å². The monoisotopic (exact) mass is 207 g/mol. The van der Waals surface area contributed by atoms with Gasteiger partial charge in [0.25, 0.3) is 0 Å². The van der Waals surface area contributed by atoms with Gasteiger partial charge in [0.1, 0.15) is 5.82 Å². The summed E-state index contributed by atoms with van der Waals surface area (Å²) in [7, 11) is 2.15. The van der Waals surface area contributed by atoms with Gasteiger partial charge in [-0.3, -0.25) is 0 Å². The van der Waals surface area contributed by atoms with Crippen molar-refractivity contribution in [2.75, 3.05) is 33.2 Å². The van der Waals surface area contributed by atoms with Crippen molar-refractivity contribution in [1.29, 1.82) is 0 Å². The molecule has 0 aromatic rings. The molecule has 3 heteroatoms. The van der Waals surface area contributed by atoms with Crippen LogP contribution in [-0.2, 0) is 0 Å². The van der Waals surface area contributed by atoms with Gasteiger partial charge in [0.2, 0.25) is 0 Å². The lowest BCUT2D eigenvalue weighted by atomic mass is 10.3. The second kappa shape index (κ2) is 5.71. The summed E-state index contributed by atoms with van der Waals surface area (Å²) < 4.78 is 0. The maximum Gasteiger partial charge on any atom is 0.121 e. The predicted molar refractivity (Wildman–Crippen MR) is 66.1 cm³/mol. The third-order valence-corrected chi connectivity index (χ3v) is 2.74. The van der Waals surface area contributed by atoms with Crippen molar-refractivity contribution in [2.45, 2.75) is 13.8 Å². The zero-order valence-corrected chi connectivity index (χ0v) is 10.0. The zero-order chi connectivity index (χ0) is 11.3. The Morgan fingerprint density at radius 1 is 1.27 bits per heavy atom. The van der Waals surface area contributed by atoms with E-state index >= 15 is 0 Å². The SMILES string of the molecule is C=C(/N=C\C(C)=C/C)N1CCN(C)CC1. The van der Waals surface area contributed by atoms with Gasteiger partial charge in [-0.25, -0.2) is 4.99 Å². The minimum Gasteiger partial charge on any atom is -0.355 e. The largest absolute Gasteiger partial charge is 0.355 e. The van der Waals surface area contributed by atoms with E-state index in [4.69, 9.17) is 0 Å². The third-order valence-electron chi connectivity index (χ3n) is 2.74. The highest BCUT2D eigenvalue weighted by molar-refractivity contribution is 5.78. The normalized spacial score (nSPS) is 19.9. The Balaban J connectivity index is 2.44. The number of nitrogens with zero attached hydrogens (tertiary/aromatic N) is 3. The molecule has 0 saturated carbocycles. The Morgan fingerprint density at radius 2 is 1.87 bits per heavy atom. The summed E-state index contributed by atoms with van der Waals surface area (Å²) in [6, 6.07) is 0. The molecule has 0 amide bonds. The number of piperazine rings is 1. The Morgan fingerprint density at radius 3 is 2.40 bits per heavy atom. The van der Waals surface area contributed by atoms with E-state index in [1.807, 2.05) is 26.1 Å². The van der Waals surface area contributed by atoms with Crippen LogP contribution in [0.4, 0.5) is 0 Å². The van der Waals surface area contributed by atoms with Crippen molar-refractivity contribution in [3.63, 3.8) is 0 Å². The van der Waals surface area contributed by atoms with Crippen molar-refractivity contribution >= 4 is 6.21 Å². The summed E-state index contributed by atoms with van der Waals surface area (Å²) in [5.74, 6) is 0.879. The molecule has 0 unspecified atom stereocenters. The van der Waals surface area contributed by atoms with Gasteiger partial charge in [-0.05, 0) is 26.5 Å². The van der Waals surface area contributed by atoms with Crippen molar-refractivity contribution in [1.82, 2.24) is 9.80 Å². The van der Waals surface area contributed by atoms with Crippen LogP contribution in [0.2, 0.25) is 0 Å². The molecule has 1 fully saturated rings. The Kier molecular flexibility index (Phi) is 4.56.